The second kappa shape index (κ2) is 9.40. The number of aliphatic hydroxyl groups excluding tert-OH is 1. The smallest absolute Gasteiger partial charge is 0.178 e. The van der Waals surface area contributed by atoms with Gasteiger partial charge in [0.05, 0.1) is 35.0 Å². The van der Waals surface area contributed by atoms with Crippen LogP contribution in [0.15, 0.2) is 76.2 Å². The number of hydrogen-bond donors (Lipinski definition) is 3. The quantitative estimate of drug-likeness (QED) is 0.485. The Balaban J connectivity index is 1.48. The lowest BCUT2D eigenvalue weighted by Crippen LogP contribution is -2.39. The van der Waals surface area contributed by atoms with Crippen molar-refractivity contribution >= 4 is 9.84 Å². The molecular formula is C27H29F3N2O4S. The molecule has 1 aromatic carbocycles. The van der Waals surface area contributed by atoms with Gasteiger partial charge in [0.2, 0.25) is 0 Å². The fraction of sp³-hybridized carbons (Fsp3) is 0.407. The summed E-state index contributed by atoms with van der Waals surface area (Å²) in [6, 6.07) is 2.75. The molecule has 0 amide bonds. The predicted octanol–water partition coefficient (Wildman–Crippen LogP) is 5.32. The lowest BCUT2D eigenvalue weighted by atomic mass is 9.88. The molecule has 3 N–H and O–H groups in total. The average molecular weight is 535 g/mol. The van der Waals surface area contributed by atoms with Gasteiger partial charge in [0, 0.05) is 23.2 Å². The number of nitrogens with one attached hydrogen (secondary N) is 2. The zero-order valence-corrected chi connectivity index (χ0v) is 21.3. The molecule has 5 rings (SSSR count). The number of halogens is 3. The third kappa shape index (κ3) is 5.09. The van der Waals surface area contributed by atoms with E-state index in [1.807, 2.05) is 13.8 Å². The van der Waals surface area contributed by atoms with Crippen molar-refractivity contribution in [3.8, 4) is 5.75 Å². The van der Waals surface area contributed by atoms with Crippen LogP contribution in [0.25, 0.3) is 0 Å². The van der Waals surface area contributed by atoms with Gasteiger partial charge in [-0.15, -0.1) is 0 Å². The minimum absolute atomic E-state index is 0.00386. The highest BCUT2D eigenvalue weighted by molar-refractivity contribution is 7.95. The first-order valence-corrected chi connectivity index (χ1v) is 13.8. The summed E-state index contributed by atoms with van der Waals surface area (Å²) in [7, 11) is -3.78. The van der Waals surface area contributed by atoms with Gasteiger partial charge < -0.3 is 15.2 Å². The van der Waals surface area contributed by atoms with Crippen LogP contribution in [-0.2, 0) is 9.84 Å². The van der Waals surface area contributed by atoms with Gasteiger partial charge >= 0.3 is 0 Å². The van der Waals surface area contributed by atoms with E-state index >= 15 is 4.39 Å². The SMILES string of the molecule is CC1(C)CC2=C(C(c3ccc(OCC4C=C(F)C(F)=CC4)cc3F)NC3CC=CC(O)=C3N2)S(=O)(=O)C1. The summed E-state index contributed by atoms with van der Waals surface area (Å²) in [6.45, 7) is 3.75. The number of hydrogen-bond acceptors (Lipinski definition) is 6. The van der Waals surface area contributed by atoms with Gasteiger partial charge in [-0.1, -0.05) is 26.0 Å². The molecule has 6 nitrogen and oxygen atoms in total. The van der Waals surface area contributed by atoms with Gasteiger partial charge in [-0.3, -0.25) is 5.32 Å². The van der Waals surface area contributed by atoms with Crippen molar-refractivity contribution in [3.05, 3.63) is 87.6 Å². The van der Waals surface area contributed by atoms with Crippen LogP contribution in [0.5, 0.6) is 5.75 Å². The molecule has 37 heavy (non-hydrogen) atoms. The zero-order valence-electron chi connectivity index (χ0n) is 20.5. The van der Waals surface area contributed by atoms with Crippen LogP contribution < -0.4 is 15.4 Å². The van der Waals surface area contributed by atoms with Crippen LogP contribution in [0.3, 0.4) is 0 Å². The Hall–Kier alpha value is -2.98. The lowest BCUT2D eigenvalue weighted by molar-refractivity contribution is 0.270. The molecule has 198 valence electrons. The third-order valence-electron chi connectivity index (χ3n) is 7.01. The van der Waals surface area contributed by atoms with E-state index < -0.39 is 50.7 Å². The van der Waals surface area contributed by atoms with E-state index in [9.17, 15) is 22.3 Å². The van der Waals surface area contributed by atoms with Crippen molar-refractivity contribution in [2.75, 3.05) is 12.4 Å². The van der Waals surface area contributed by atoms with E-state index in [-0.39, 0.29) is 40.8 Å². The first-order chi connectivity index (χ1) is 17.4. The van der Waals surface area contributed by atoms with Crippen molar-refractivity contribution in [2.45, 2.75) is 45.2 Å². The number of benzene rings is 1. The molecule has 2 aliphatic heterocycles. The molecule has 3 atom stereocenters. The van der Waals surface area contributed by atoms with Crippen LogP contribution in [0.2, 0.25) is 0 Å². The van der Waals surface area contributed by atoms with Gasteiger partial charge in [0.15, 0.2) is 21.5 Å². The normalized spacial score (nSPS) is 28.4. The number of fused-ring (bicyclic) bond motifs is 1. The van der Waals surface area contributed by atoms with Gasteiger partial charge in [-0.05, 0) is 49.0 Å². The first kappa shape index (κ1) is 25.7. The second-order valence-corrected chi connectivity index (χ2v) is 12.7. The Labute approximate surface area is 214 Å². The van der Waals surface area contributed by atoms with E-state index in [2.05, 4.69) is 10.6 Å². The highest BCUT2D eigenvalue weighted by Crippen LogP contribution is 2.44. The van der Waals surface area contributed by atoms with E-state index in [1.165, 1.54) is 18.2 Å². The number of sulfone groups is 1. The molecule has 1 aromatic rings. The topological polar surface area (TPSA) is 87.7 Å². The van der Waals surface area contributed by atoms with Gasteiger partial charge in [-0.25, -0.2) is 21.6 Å². The average Bonchev–Trinajstić information content (AvgIpc) is 2.96. The highest BCUT2D eigenvalue weighted by Gasteiger charge is 2.45. The summed E-state index contributed by atoms with van der Waals surface area (Å²) in [5.74, 6) is -2.78. The summed E-state index contributed by atoms with van der Waals surface area (Å²) < 4.78 is 74.9. The molecule has 10 heteroatoms. The molecule has 0 bridgehead atoms. The maximum Gasteiger partial charge on any atom is 0.178 e. The summed E-state index contributed by atoms with van der Waals surface area (Å²) in [5, 5.41) is 16.9. The Kier molecular flexibility index (Phi) is 6.52. The summed E-state index contributed by atoms with van der Waals surface area (Å²) in [4.78, 5) is 0.0747. The van der Waals surface area contributed by atoms with E-state index in [0.29, 0.717) is 24.2 Å². The van der Waals surface area contributed by atoms with Crippen LogP contribution >= 0.6 is 0 Å². The molecule has 0 fully saturated rings. The van der Waals surface area contributed by atoms with Crippen LogP contribution in [-0.4, -0.2) is 31.9 Å². The molecule has 0 spiro atoms. The fourth-order valence-corrected chi connectivity index (χ4v) is 7.73. The molecule has 0 saturated carbocycles. The minimum Gasteiger partial charge on any atom is -0.506 e. The first-order valence-electron chi connectivity index (χ1n) is 12.2. The van der Waals surface area contributed by atoms with Crippen molar-refractivity contribution in [3.63, 3.8) is 0 Å². The minimum atomic E-state index is -3.78. The molecule has 0 radical (unpaired) electrons. The molecule has 4 aliphatic rings. The van der Waals surface area contributed by atoms with Crippen molar-refractivity contribution in [1.82, 2.24) is 10.6 Å². The number of ether oxygens (including phenoxy) is 1. The summed E-state index contributed by atoms with van der Waals surface area (Å²) in [5.41, 5.74) is 0.494. The summed E-state index contributed by atoms with van der Waals surface area (Å²) in [6.07, 6.45) is 6.79. The highest BCUT2D eigenvalue weighted by atomic mass is 32.2. The maximum atomic E-state index is 15.5. The molecule has 0 saturated heterocycles. The Morgan fingerprint density at radius 1 is 1.16 bits per heavy atom. The van der Waals surface area contributed by atoms with Gasteiger partial charge in [-0.2, -0.15) is 0 Å². The Morgan fingerprint density at radius 3 is 2.68 bits per heavy atom. The molecule has 0 aromatic heterocycles. The molecule has 3 unspecified atom stereocenters. The molecule has 2 aliphatic carbocycles. The Morgan fingerprint density at radius 2 is 1.95 bits per heavy atom. The Bertz CT molecular complexity index is 1390. The zero-order chi connectivity index (χ0) is 26.5. The van der Waals surface area contributed by atoms with Gasteiger partial charge in [0.25, 0.3) is 0 Å². The van der Waals surface area contributed by atoms with E-state index in [1.54, 1.807) is 12.2 Å². The molecule has 2 heterocycles. The second-order valence-electron chi connectivity index (χ2n) is 10.7. The lowest BCUT2D eigenvalue weighted by Gasteiger charge is -2.34. The number of aliphatic hydroxyl groups is 1. The van der Waals surface area contributed by atoms with Crippen molar-refractivity contribution in [1.29, 1.82) is 0 Å². The largest absolute Gasteiger partial charge is 0.506 e. The van der Waals surface area contributed by atoms with Gasteiger partial charge in [0.1, 0.15) is 17.3 Å². The maximum absolute atomic E-state index is 15.5. The van der Waals surface area contributed by atoms with Crippen LogP contribution in [0.1, 0.15) is 44.7 Å². The van der Waals surface area contributed by atoms with E-state index in [4.69, 9.17) is 4.74 Å². The van der Waals surface area contributed by atoms with E-state index in [0.717, 1.165) is 12.2 Å². The molecular weight excluding hydrogens is 505 g/mol. The monoisotopic (exact) mass is 534 g/mol. The third-order valence-corrected chi connectivity index (χ3v) is 9.33. The van der Waals surface area contributed by atoms with Crippen LogP contribution in [0, 0.1) is 17.2 Å². The predicted molar refractivity (Wildman–Crippen MR) is 134 cm³/mol. The fourth-order valence-electron chi connectivity index (χ4n) is 5.39. The summed E-state index contributed by atoms with van der Waals surface area (Å²) >= 11 is 0. The van der Waals surface area contributed by atoms with Crippen molar-refractivity contribution in [2.24, 2.45) is 11.3 Å². The standard InChI is InChI=1S/C27H29F3N2O4S/c1-27(2)12-22-26(37(34,35)14-27)24(31-21-4-3-5-23(33)25(21)32-22)17-8-7-16(11-19(17)29)36-13-15-6-9-18(28)20(30)10-15/h3,5,7-11,15,21,24,31-33H,4,6,12-14H2,1-2H3. The van der Waals surface area contributed by atoms with Crippen LogP contribution in [0.4, 0.5) is 13.2 Å². The number of rotatable bonds is 4. The van der Waals surface area contributed by atoms with Crippen molar-refractivity contribution < 1.29 is 31.4 Å². The number of allylic oxidation sites excluding steroid dienone is 5.